The average Bonchev–Trinajstić information content (AvgIpc) is 2.85. The number of hydrogen-bond donors (Lipinski definition) is 1. The minimum Gasteiger partial charge on any atom is -0.340 e. The summed E-state index contributed by atoms with van der Waals surface area (Å²) in [4.78, 5) is 17.4. The van der Waals surface area contributed by atoms with E-state index in [1.807, 2.05) is 12.1 Å². The molecule has 3 nitrogen and oxygen atoms in total. The molecule has 18 heavy (non-hydrogen) atoms. The summed E-state index contributed by atoms with van der Waals surface area (Å²) in [7, 11) is 1.71. The molecule has 2 aromatic heterocycles. The van der Waals surface area contributed by atoms with Gasteiger partial charge in [0.25, 0.3) is 5.91 Å². The molecule has 0 aliphatic carbocycles. The van der Waals surface area contributed by atoms with Crippen molar-refractivity contribution in [1.82, 2.24) is 9.88 Å². The minimum atomic E-state index is -0.173. The second-order valence-corrected chi connectivity index (χ2v) is 6.30. The number of nitrogens with zero attached hydrogens (tertiary/aromatic N) is 1. The summed E-state index contributed by atoms with van der Waals surface area (Å²) in [5.41, 5.74) is 0.371. The predicted octanol–water partition coefficient (Wildman–Crippen LogP) is 4.31. The van der Waals surface area contributed by atoms with E-state index < -0.39 is 0 Å². The summed E-state index contributed by atoms with van der Waals surface area (Å²) in [6.45, 7) is 0.491. The van der Waals surface area contributed by atoms with Gasteiger partial charge in [-0.1, -0.05) is 34.8 Å². The minimum absolute atomic E-state index is 0.173. The first-order chi connectivity index (χ1) is 8.47. The molecular formula is C11H9Cl3N2OS. The fourth-order valence-corrected chi connectivity index (χ4v) is 2.92. The van der Waals surface area contributed by atoms with E-state index in [0.717, 1.165) is 4.88 Å². The normalized spacial score (nSPS) is 10.7. The zero-order valence-corrected chi connectivity index (χ0v) is 12.4. The monoisotopic (exact) mass is 322 g/mol. The van der Waals surface area contributed by atoms with E-state index >= 15 is 0 Å². The summed E-state index contributed by atoms with van der Waals surface area (Å²) >= 11 is 18.8. The van der Waals surface area contributed by atoms with E-state index in [0.29, 0.717) is 21.6 Å². The number of rotatable bonds is 3. The Balaban J connectivity index is 2.09. The van der Waals surface area contributed by atoms with Crippen molar-refractivity contribution in [3.05, 3.63) is 43.3 Å². The van der Waals surface area contributed by atoms with Gasteiger partial charge in [0.2, 0.25) is 0 Å². The van der Waals surface area contributed by atoms with Gasteiger partial charge in [-0.3, -0.25) is 4.79 Å². The van der Waals surface area contributed by atoms with E-state index in [1.165, 1.54) is 17.4 Å². The molecule has 0 saturated heterocycles. The van der Waals surface area contributed by atoms with Crippen LogP contribution in [0.3, 0.4) is 0 Å². The van der Waals surface area contributed by atoms with Crippen molar-refractivity contribution in [2.45, 2.75) is 6.54 Å². The average molecular weight is 324 g/mol. The highest BCUT2D eigenvalue weighted by Gasteiger charge is 2.16. The third kappa shape index (κ3) is 3.01. The van der Waals surface area contributed by atoms with Crippen LogP contribution < -0.4 is 0 Å². The number of H-pyrrole nitrogens is 1. The molecule has 0 bridgehead atoms. The maximum absolute atomic E-state index is 12.1. The number of aromatic amines is 1. The van der Waals surface area contributed by atoms with Crippen LogP contribution in [0.4, 0.5) is 0 Å². The second kappa shape index (κ2) is 5.53. The van der Waals surface area contributed by atoms with Crippen LogP contribution in [0.15, 0.2) is 18.2 Å². The fraction of sp³-hybridized carbons (Fsp3) is 0.182. The molecule has 2 aromatic rings. The molecule has 0 spiro atoms. The standard InChI is InChI=1S/C11H9Cl3N2OS/c1-16(5-6-2-3-9(13)18-6)11(17)8-4-7(12)10(14)15-8/h2-4,15H,5H2,1H3. The maximum Gasteiger partial charge on any atom is 0.270 e. The van der Waals surface area contributed by atoms with E-state index in [4.69, 9.17) is 34.8 Å². The van der Waals surface area contributed by atoms with Crippen molar-refractivity contribution >= 4 is 52.0 Å². The number of carbonyl (C=O) groups excluding carboxylic acids is 1. The molecule has 0 aliphatic heterocycles. The van der Waals surface area contributed by atoms with Crippen molar-refractivity contribution in [2.24, 2.45) is 0 Å². The topological polar surface area (TPSA) is 36.1 Å². The molecule has 2 heterocycles. The van der Waals surface area contributed by atoms with Crippen LogP contribution in [0.1, 0.15) is 15.4 Å². The van der Waals surface area contributed by atoms with Gasteiger partial charge in [0, 0.05) is 11.9 Å². The molecule has 0 radical (unpaired) electrons. The zero-order valence-electron chi connectivity index (χ0n) is 9.34. The third-order valence-corrected chi connectivity index (χ3v) is 4.23. The van der Waals surface area contributed by atoms with Gasteiger partial charge in [-0.25, -0.2) is 0 Å². The SMILES string of the molecule is CN(Cc1ccc(Cl)s1)C(=O)c1cc(Cl)c(Cl)[nH]1. The van der Waals surface area contributed by atoms with Crippen molar-refractivity contribution < 1.29 is 4.79 Å². The Hall–Kier alpha value is -0.680. The van der Waals surface area contributed by atoms with Crippen LogP contribution in [-0.2, 0) is 6.54 Å². The Morgan fingerprint density at radius 2 is 2.11 bits per heavy atom. The summed E-state index contributed by atoms with van der Waals surface area (Å²) < 4.78 is 0.705. The number of hydrogen-bond acceptors (Lipinski definition) is 2. The number of carbonyl (C=O) groups is 1. The Kier molecular flexibility index (Phi) is 4.22. The van der Waals surface area contributed by atoms with E-state index in [2.05, 4.69) is 4.98 Å². The Morgan fingerprint density at radius 1 is 1.39 bits per heavy atom. The van der Waals surface area contributed by atoms with E-state index in [9.17, 15) is 4.79 Å². The van der Waals surface area contributed by atoms with Gasteiger partial charge in [0.1, 0.15) is 10.8 Å². The van der Waals surface area contributed by atoms with Crippen molar-refractivity contribution in [2.75, 3.05) is 7.05 Å². The number of aromatic nitrogens is 1. The van der Waals surface area contributed by atoms with Gasteiger partial charge in [-0.05, 0) is 18.2 Å². The second-order valence-electron chi connectivity index (χ2n) is 3.71. The highest BCUT2D eigenvalue weighted by Crippen LogP contribution is 2.25. The smallest absolute Gasteiger partial charge is 0.270 e. The largest absolute Gasteiger partial charge is 0.340 e. The number of thiophene rings is 1. The van der Waals surface area contributed by atoms with Crippen molar-refractivity contribution in [1.29, 1.82) is 0 Å². The zero-order chi connectivity index (χ0) is 13.3. The van der Waals surface area contributed by atoms with Gasteiger partial charge in [-0.2, -0.15) is 0 Å². The molecule has 1 amide bonds. The number of amides is 1. The van der Waals surface area contributed by atoms with Crippen molar-refractivity contribution in [3.8, 4) is 0 Å². The molecule has 0 aromatic carbocycles. The third-order valence-electron chi connectivity index (χ3n) is 2.32. The first-order valence-electron chi connectivity index (χ1n) is 5.01. The van der Waals surface area contributed by atoms with Crippen LogP contribution in [0, 0.1) is 0 Å². The Morgan fingerprint density at radius 3 is 2.61 bits per heavy atom. The fourth-order valence-electron chi connectivity index (χ4n) is 1.47. The van der Waals surface area contributed by atoms with Gasteiger partial charge in [0.15, 0.2) is 0 Å². The molecule has 2 rings (SSSR count). The summed E-state index contributed by atoms with van der Waals surface area (Å²) in [6.07, 6.45) is 0. The highest BCUT2D eigenvalue weighted by atomic mass is 35.5. The molecule has 0 atom stereocenters. The van der Waals surface area contributed by atoms with Gasteiger partial charge in [-0.15, -0.1) is 11.3 Å². The lowest BCUT2D eigenvalue weighted by Crippen LogP contribution is -2.26. The quantitative estimate of drug-likeness (QED) is 0.897. The molecule has 0 unspecified atom stereocenters. The lowest BCUT2D eigenvalue weighted by molar-refractivity contribution is 0.0781. The van der Waals surface area contributed by atoms with E-state index in [-0.39, 0.29) is 11.1 Å². The first kappa shape index (κ1) is 13.7. The lowest BCUT2D eigenvalue weighted by Gasteiger charge is -2.14. The summed E-state index contributed by atoms with van der Waals surface area (Å²) in [6, 6.07) is 5.22. The van der Waals surface area contributed by atoms with Crippen LogP contribution in [0.5, 0.6) is 0 Å². The van der Waals surface area contributed by atoms with Gasteiger partial charge in [0.05, 0.1) is 15.9 Å². The molecule has 0 aliphatic rings. The first-order valence-corrected chi connectivity index (χ1v) is 6.96. The number of nitrogens with one attached hydrogen (secondary N) is 1. The highest BCUT2D eigenvalue weighted by molar-refractivity contribution is 7.16. The van der Waals surface area contributed by atoms with E-state index in [1.54, 1.807) is 11.9 Å². The molecular weight excluding hydrogens is 315 g/mol. The molecule has 7 heteroatoms. The predicted molar refractivity (Wildman–Crippen MR) is 75.9 cm³/mol. The molecule has 1 N–H and O–H groups in total. The molecule has 0 saturated carbocycles. The number of halogens is 3. The summed E-state index contributed by atoms with van der Waals surface area (Å²) in [5.74, 6) is -0.173. The van der Waals surface area contributed by atoms with Crippen LogP contribution in [0.2, 0.25) is 14.5 Å². The van der Waals surface area contributed by atoms with Gasteiger partial charge < -0.3 is 9.88 Å². The lowest BCUT2D eigenvalue weighted by atomic mass is 10.3. The molecule has 0 fully saturated rings. The van der Waals surface area contributed by atoms with Crippen LogP contribution >= 0.6 is 46.1 Å². The maximum atomic E-state index is 12.1. The van der Waals surface area contributed by atoms with Crippen molar-refractivity contribution in [3.63, 3.8) is 0 Å². The van der Waals surface area contributed by atoms with Gasteiger partial charge >= 0.3 is 0 Å². The summed E-state index contributed by atoms with van der Waals surface area (Å²) in [5, 5.41) is 0.611. The molecule has 96 valence electrons. The Labute approximate surface area is 123 Å². The van der Waals surface area contributed by atoms with Crippen LogP contribution in [0.25, 0.3) is 0 Å². The van der Waals surface area contributed by atoms with Crippen LogP contribution in [-0.4, -0.2) is 22.8 Å². The Bertz CT molecular complexity index is 559.